The number of nitrogens with one attached hydrogen (secondary N) is 1. The number of fused-ring (bicyclic) bond motifs is 1. The summed E-state index contributed by atoms with van der Waals surface area (Å²) >= 11 is 0. The molecule has 1 fully saturated rings. The first kappa shape index (κ1) is 18.2. The Balaban J connectivity index is 1.43. The van der Waals surface area contributed by atoms with Gasteiger partial charge in [-0.3, -0.25) is 14.8 Å². The van der Waals surface area contributed by atoms with Crippen molar-refractivity contribution < 1.29 is 14.1 Å². The fourth-order valence-electron chi connectivity index (χ4n) is 4.05. The summed E-state index contributed by atoms with van der Waals surface area (Å²) in [5, 5.41) is 11.4. The Morgan fingerprint density at radius 2 is 2.15 bits per heavy atom. The largest absolute Gasteiger partial charge is 0.369 e. The molecule has 1 amide bonds. The van der Waals surface area contributed by atoms with Crippen molar-refractivity contribution in [1.29, 1.82) is 0 Å². The van der Waals surface area contributed by atoms with Crippen LogP contribution in [0.2, 0.25) is 0 Å². The minimum absolute atomic E-state index is 0.0212. The van der Waals surface area contributed by atoms with Gasteiger partial charge in [-0.05, 0) is 27.2 Å². The first-order valence-corrected chi connectivity index (χ1v) is 9.67. The number of aryl methyl sites for hydroxylation is 1. The maximum Gasteiger partial charge on any atom is 0.274 e. The van der Waals surface area contributed by atoms with Crippen molar-refractivity contribution in [2.75, 3.05) is 26.2 Å². The molecule has 146 valence electrons. The Hall–Kier alpha value is -2.19. The van der Waals surface area contributed by atoms with Gasteiger partial charge in [-0.15, -0.1) is 0 Å². The number of ether oxygens (including phenoxy) is 1. The summed E-state index contributed by atoms with van der Waals surface area (Å²) in [6.07, 6.45) is 1.71. The number of amides is 1. The fourth-order valence-corrected chi connectivity index (χ4v) is 4.05. The van der Waals surface area contributed by atoms with Crippen LogP contribution >= 0.6 is 0 Å². The van der Waals surface area contributed by atoms with Gasteiger partial charge >= 0.3 is 0 Å². The molecule has 0 unspecified atom stereocenters. The summed E-state index contributed by atoms with van der Waals surface area (Å²) < 4.78 is 11.0. The molecule has 27 heavy (non-hydrogen) atoms. The van der Waals surface area contributed by atoms with E-state index in [1.54, 1.807) is 0 Å². The van der Waals surface area contributed by atoms with Crippen LogP contribution in [0.5, 0.6) is 0 Å². The van der Waals surface area contributed by atoms with Crippen molar-refractivity contribution in [3.05, 3.63) is 34.5 Å². The number of hydrogen-bond acceptors (Lipinski definition) is 6. The fraction of sp³-hybridized carbons (Fsp3) is 0.632. The second-order valence-electron chi connectivity index (χ2n) is 7.61. The van der Waals surface area contributed by atoms with E-state index in [2.05, 4.69) is 20.3 Å². The Morgan fingerprint density at radius 1 is 1.30 bits per heavy atom. The van der Waals surface area contributed by atoms with Crippen LogP contribution in [0.15, 0.2) is 10.6 Å². The molecule has 0 aliphatic carbocycles. The molecule has 4 heterocycles. The summed E-state index contributed by atoms with van der Waals surface area (Å²) in [5.74, 6) is 0.847. The van der Waals surface area contributed by atoms with Crippen LogP contribution in [0.25, 0.3) is 0 Å². The van der Waals surface area contributed by atoms with Crippen LogP contribution in [0.3, 0.4) is 0 Å². The molecule has 8 heteroatoms. The van der Waals surface area contributed by atoms with Gasteiger partial charge in [-0.25, -0.2) is 0 Å². The normalized spacial score (nSPS) is 23.9. The maximum atomic E-state index is 13.1. The first-order valence-electron chi connectivity index (χ1n) is 9.67. The van der Waals surface area contributed by atoms with E-state index < -0.39 is 0 Å². The summed E-state index contributed by atoms with van der Waals surface area (Å²) in [4.78, 5) is 17.4. The van der Waals surface area contributed by atoms with Gasteiger partial charge in [-0.1, -0.05) is 5.16 Å². The number of carbonyl (C=O) groups excluding carboxylic acids is 1. The molecule has 0 radical (unpaired) electrons. The lowest BCUT2D eigenvalue weighted by Crippen LogP contribution is -2.36. The van der Waals surface area contributed by atoms with Gasteiger partial charge in [0.05, 0.1) is 23.6 Å². The van der Waals surface area contributed by atoms with E-state index in [-0.39, 0.29) is 18.1 Å². The molecular weight excluding hydrogens is 346 g/mol. The molecule has 4 rings (SSSR count). The van der Waals surface area contributed by atoms with E-state index in [9.17, 15) is 4.79 Å². The predicted molar refractivity (Wildman–Crippen MR) is 98.3 cm³/mol. The maximum absolute atomic E-state index is 13.1. The molecule has 2 aromatic heterocycles. The molecule has 1 N–H and O–H groups in total. The monoisotopic (exact) mass is 373 g/mol. The third-order valence-electron chi connectivity index (χ3n) is 5.37. The molecule has 1 saturated heterocycles. The zero-order valence-electron chi connectivity index (χ0n) is 16.2. The lowest BCUT2D eigenvalue weighted by molar-refractivity contribution is -0.00701. The predicted octanol–water partition coefficient (Wildman–Crippen LogP) is 2.08. The lowest BCUT2D eigenvalue weighted by atomic mass is 9.99. The van der Waals surface area contributed by atoms with Gasteiger partial charge in [0.15, 0.2) is 5.69 Å². The number of aromatic nitrogens is 3. The highest BCUT2D eigenvalue weighted by atomic mass is 16.5. The van der Waals surface area contributed by atoms with Crippen LogP contribution in [-0.2, 0) is 17.7 Å². The Morgan fingerprint density at radius 3 is 2.93 bits per heavy atom. The summed E-state index contributed by atoms with van der Waals surface area (Å²) in [7, 11) is 0. The molecule has 0 bridgehead atoms. The average molecular weight is 373 g/mol. The van der Waals surface area contributed by atoms with Crippen LogP contribution < -0.4 is 0 Å². The number of H-pyrrole nitrogens is 1. The standard InChI is InChI=1S/C19H27N5O3/c1-12-10-16-17(14(3)26-12)20-21-18(16)19(25)24-6-4-5-23(7-8-24)11-15-9-13(2)27-22-15/h9,12,14H,4-8,10-11H2,1-3H3,(H,20,21)/t12-,14+/m1/s1. The van der Waals surface area contributed by atoms with Crippen molar-refractivity contribution in [2.45, 2.75) is 52.4 Å². The van der Waals surface area contributed by atoms with E-state index in [0.29, 0.717) is 12.2 Å². The highest BCUT2D eigenvalue weighted by molar-refractivity contribution is 5.94. The number of rotatable bonds is 3. The lowest BCUT2D eigenvalue weighted by Gasteiger charge is -2.26. The van der Waals surface area contributed by atoms with E-state index in [1.807, 2.05) is 31.7 Å². The van der Waals surface area contributed by atoms with E-state index >= 15 is 0 Å². The Kier molecular flexibility index (Phi) is 5.01. The van der Waals surface area contributed by atoms with Gasteiger partial charge in [0.2, 0.25) is 0 Å². The Bertz CT molecular complexity index is 814. The number of carbonyl (C=O) groups is 1. The van der Waals surface area contributed by atoms with Gasteiger partial charge in [-0.2, -0.15) is 5.10 Å². The summed E-state index contributed by atoms with van der Waals surface area (Å²) in [6.45, 7) is 9.89. The topological polar surface area (TPSA) is 87.5 Å². The SMILES string of the molecule is Cc1cc(CN2CCCN(C(=O)c3n[nH]c4c3C[C@@H](C)O[C@H]4C)CC2)no1. The minimum Gasteiger partial charge on any atom is -0.369 e. The van der Waals surface area contributed by atoms with Gasteiger partial charge in [0, 0.05) is 50.8 Å². The molecule has 2 atom stereocenters. The zero-order chi connectivity index (χ0) is 19.0. The number of aromatic amines is 1. The third-order valence-corrected chi connectivity index (χ3v) is 5.37. The summed E-state index contributed by atoms with van der Waals surface area (Å²) in [5.41, 5.74) is 3.46. The van der Waals surface area contributed by atoms with E-state index in [1.165, 1.54) is 0 Å². The molecule has 2 aliphatic heterocycles. The highest BCUT2D eigenvalue weighted by Crippen LogP contribution is 2.30. The second kappa shape index (κ2) is 7.44. The van der Waals surface area contributed by atoms with Gasteiger partial charge in [0.1, 0.15) is 5.76 Å². The van der Waals surface area contributed by atoms with Gasteiger partial charge < -0.3 is 14.2 Å². The van der Waals surface area contributed by atoms with Crippen LogP contribution in [0.1, 0.15) is 59.6 Å². The summed E-state index contributed by atoms with van der Waals surface area (Å²) in [6, 6.07) is 1.97. The molecule has 2 aliphatic rings. The number of nitrogens with zero attached hydrogens (tertiary/aromatic N) is 4. The van der Waals surface area contributed by atoms with Crippen LogP contribution in [0, 0.1) is 6.92 Å². The second-order valence-corrected chi connectivity index (χ2v) is 7.61. The van der Waals surface area contributed by atoms with E-state index in [4.69, 9.17) is 9.26 Å². The van der Waals surface area contributed by atoms with Crippen LogP contribution in [0.4, 0.5) is 0 Å². The van der Waals surface area contributed by atoms with E-state index in [0.717, 1.165) is 61.7 Å². The smallest absolute Gasteiger partial charge is 0.274 e. The molecule has 0 saturated carbocycles. The molecule has 8 nitrogen and oxygen atoms in total. The van der Waals surface area contributed by atoms with Crippen molar-refractivity contribution in [2.24, 2.45) is 0 Å². The molecule has 0 aromatic carbocycles. The molecule has 2 aromatic rings. The van der Waals surface area contributed by atoms with Crippen molar-refractivity contribution >= 4 is 5.91 Å². The third kappa shape index (κ3) is 3.77. The molecule has 0 spiro atoms. The van der Waals surface area contributed by atoms with Gasteiger partial charge in [0.25, 0.3) is 5.91 Å². The Labute approximate surface area is 158 Å². The van der Waals surface area contributed by atoms with Crippen molar-refractivity contribution in [3.63, 3.8) is 0 Å². The molecular formula is C19H27N5O3. The number of hydrogen-bond donors (Lipinski definition) is 1. The van der Waals surface area contributed by atoms with Crippen LogP contribution in [-0.4, -0.2) is 63.3 Å². The van der Waals surface area contributed by atoms with Crippen molar-refractivity contribution in [1.82, 2.24) is 25.2 Å². The first-order chi connectivity index (χ1) is 13.0. The van der Waals surface area contributed by atoms with Crippen molar-refractivity contribution in [3.8, 4) is 0 Å². The quantitative estimate of drug-likeness (QED) is 0.886. The average Bonchev–Trinajstić information content (AvgIpc) is 3.15. The highest BCUT2D eigenvalue weighted by Gasteiger charge is 2.32. The zero-order valence-corrected chi connectivity index (χ0v) is 16.2. The minimum atomic E-state index is -0.0525.